The number of fused-ring (bicyclic) bond motifs is 1. The van der Waals surface area contributed by atoms with Crippen molar-refractivity contribution in [2.75, 3.05) is 32.8 Å². The SMILES string of the molecule is O=C(Cn1cnc2ccccc2c1=O)NCC(c1ccccc1)N1CCOCC1. The smallest absolute Gasteiger partial charge is 0.261 e. The maximum Gasteiger partial charge on any atom is 0.261 e. The molecule has 3 aromatic rings. The second-order valence-electron chi connectivity index (χ2n) is 7.07. The molecule has 4 rings (SSSR count). The largest absolute Gasteiger partial charge is 0.379 e. The molecule has 1 aliphatic rings. The van der Waals surface area contributed by atoms with Crippen molar-refractivity contribution in [3.63, 3.8) is 0 Å². The van der Waals surface area contributed by atoms with Crippen molar-refractivity contribution in [2.24, 2.45) is 0 Å². The molecule has 0 saturated carbocycles. The molecule has 7 nitrogen and oxygen atoms in total. The summed E-state index contributed by atoms with van der Waals surface area (Å²) in [6, 6.07) is 17.3. The Balaban J connectivity index is 1.45. The molecule has 2 heterocycles. The van der Waals surface area contributed by atoms with Gasteiger partial charge in [0.15, 0.2) is 0 Å². The van der Waals surface area contributed by atoms with Crippen LogP contribution in [0, 0.1) is 0 Å². The first-order chi connectivity index (χ1) is 14.2. The van der Waals surface area contributed by atoms with Crippen LogP contribution in [-0.2, 0) is 16.1 Å². The highest BCUT2D eigenvalue weighted by molar-refractivity contribution is 5.78. The number of benzene rings is 2. The zero-order valence-corrected chi connectivity index (χ0v) is 16.2. The molecule has 29 heavy (non-hydrogen) atoms. The number of ether oxygens (including phenoxy) is 1. The molecule has 0 aliphatic carbocycles. The van der Waals surface area contributed by atoms with Crippen LogP contribution >= 0.6 is 0 Å². The summed E-state index contributed by atoms with van der Waals surface area (Å²) in [6.07, 6.45) is 1.43. The second kappa shape index (κ2) is 8.98. The average molecular weight is 392 g/mol. The van der Waals surface area contributed by atoms with Gasteiger partial charge >= 0.3 is 0 Å². The molecule has 1 saturated heterocycles. The van der Waals surface area contributed by atoms with Gasteiger partial charge in [-0.25, -0.2) is 4.98 Å². The van der Waals surface area contributed by atoms with Gasteiger partial charge in [-0.15, -0.1) is 0 Å². The van der Waals surface area contributed by atoms with Crippen LogP contribution in [0.4, 0.5) is 0 Å². The minimum absolute atomic E-state index is 0.0543. The van der Waals surface area contributed by atoms with E-state index in [1.54, 1.807) is 18.2 Å². The predicted molar refractivity (Wildman–Crippen MR) is 111 cm³/mol. The Morgan fingerprint density at radius 3 is 2.59 bits per heavy atom. The third-order valence-corrected chi connectivity index (χ3v) is 5.21. The zero-order valence-electron chi connectivity index (χ0n) is 16.2. The van der Waals surface area contributed by atoms with Crippen molar-refractivity contribution >= 4 is 16.8 Å². The maximum atomic E-state index is 12.6. The third kappa shape index (κ3) is 4.52. The van der Waals surface area contributed by atoms with E-state index in [2.05, 4.69) is 27.3 Å². The fourth-order valence-corrected chi connectivity index (χ4v) is 3.66. The fourth-order valence-electron chi connectivity index (χ4n) is 3.66. The highest BCUT2D eigenvalue weighted by Gasteiger charge is 2.23. The van der Waals surface area contributed by atoms with Crippen LogP contribution in [0.3, 0.4) is 0 Å². The third-order valence-electron chi connectivity index (χ3n) is 5.21. The van der Waals surface area contributed by atoms with Crippen molar-refractivity contribution < 1.29 is 9.53 Å². The van der Waals surface area contributed by atoms with Crippen LogP contribution in [0.25, 0.3) is 10.9 Å². The number of nitrogens with zero attached hydrogens (tertiary/aromatic N) is 3. The minimum Gasteiger partial charge on any atom is -0.379 e. The molecule has 0 bridgehead atoms. The van der Waals surface area contributed by atoms with Gasteiger partial charge in [-0.3, -0.25) is 19.1 Å². The first-order valence-electron chi connectivity index (χ1n) is 9.80. The van der Waals surface area contributed by atoms with Crippen molar-refractivity contribution in [3.05, 3.63) is 76.8 Å². The summed E-state index contributed by atoms with van der Waals surface area (Å²) < 4.78 is 6.82. The van der Waals surface area contributed by atoms with Gasteiger partial charge < -0.3 is 10.1 Å². The molecule has 1 unspecified atom stereocenters. The molecule has 0 radical (unpaired) electrons. The second-order valence-corrected chi connectivity index (χ2v) is 7.07. The summed E-state index contributed by atoms with van der Waals surface area (Å²) in [4.78, 5) is 31.8. The zero-order chi connectivity index (χ0) is 20.1. The van der Waals surface area contributed by atoms with E-state index in [4.69, 9.17) is 4.74 Å². The number of nitrogens with one attached hydrogen (secondary N) is 1. The number of hydrogen-bond acceptors (Lipinski definition) is 5. The predicted octanol–water partition coefficient (Wildman–Crippen LogP) is 1.59. The summed E-state index contributed by atoms with van der Waals surface area (Å²) in [5.74, 6) is -0.210. The molecular formula is C22H24N4O3. The highest BCUT2D eigenvalue weighted by Crippen LogP contribution is 2.21. The number of rotatable bonds is 6. The van der Waals surface area contributed by atoms with E-state index in [9.17, 15) is 9.59 Å². The van der Waals surface area contributed by atoms with E-state index >= 15 is 0 Å². The van der Waals surface area contributed by atoms with Crippen molar-refractivity contribution in [1.29, 1.82) is 0 Å². The lowest BCUT2D eigenvalue weighted by Crippen LogP contribution is -2.44. The number of para-hydroxylation sites is 1. The van der Waals surface area contributed by atoms with Gasteiger partial charge in [0.1, 0.15) is 6.54 Å². The normalized spacial score (nSPS) is 15.9. The monoisotopic (exact) mass is 392 g/mol. The molecule has 1 amide bonds. The molecule has 1 aliphatic heterocycles. The first-order valence-corrected chi connectivity index (χ1v) is 9.80. The molecule has 1 fully saturated rings. The van der Waals surface area contributed by atoms with Gasteiger partial charge in [-0.2, -0.15) is 0 Å². The molecule has 2 aromatic carbocycles. The summed E-state index contributed by atoms with van der Waals surface area (Å²) in [5.41, 5.74) is 1.57. The van der Waals surface area contributed by atoms with Crippen LogP contribution in [0.1, 0.15) is 11.6 Å². The number of hydrogen-bond donors (Lipinski definition) is 1. The van der Waals surface area contributed by atoms with E-state index in [0.717, 1.165) is 18.7 Å². The van der Waals surface area contributed by atoms with E-state index in [1.807, 2.05) is 24.3 Å². The molecule has 7 heteroatoms. The summed E-state index contributed by atoms with van der Waals surface area (Å²) in [6.45, 7) is 3.44. The average Bonchev–Trinajstić information content (AvgIpc) is 2.77. The highest BCUT2D eigenvalue weighted by atomic mass is 16.5. The Morgan fingerprint density at radius 2 is 1.79 bits per heavy atom. The van der Waals surface area contributed by atoms with Crippen LogP contribution in [0.2, 0.25) is 0 Å². The van der Waals surface area contributed by atoms with Crippen LogP contribution in [0.15, 0.2) is 65.7 Å². The topological polar surface area (TPSA) is 76.5 Å². The fraction of sp³-hybridized carbons (Fsp3) is 0.318. The van der Waals surface area contributed by atoms with Gasteiger partial charge in [0.25, 0.3) is 5.56 Å². The Hall–Kier alpha value is -3.03. The van der Waals surface area contributed by atoms with Crippen LogP contribution in [-0.4, -0.2) is 53.2 Å². The Labute approximate surface area is 168 Å². The van der Waals surface area contributed by atoms with Gasteiger partial charge in [-0.05, 0) is 17.7 Å². The molecule has 1 aromatic heterocycles. The molecule has 0 spiro atoms. The molecule has 1 atom stereocenters. The van der Waals surface area contributed by atoms with Gasteiger partial charge in [0.05, 0.1) is 36.5 Å². The van der Waals surface area contributed by atoms with E-state index in [-0.39, 0.29) is 24.1 Å². The van der Waals surface area contributed by atoms with Gasteiger partial charge in [-0.1, -0.05) is 42.5 Å². The quantitative estimate of drug-likeness (QED) is 0.689. The van der Waals surface area contributed by atoms with E-state index in [0.29, 0.717) is 30.7 Å². The molecule has 1 N–H and O–H groups in total. The number of aromatic nitrogens is 2. The summed E-state index contributed by atoms with van der Waals surface area (Å²) in [5, 5.41) is 3.51. The van der Waals surface area contributed by atoms with Crippen molar-refractivity contribution in [1.82, 2.24) is 19.8 Å². The van der Waals surface area contributed by atoms with E-state index in [1.165, 1.54) is 10.9 Å². The van der Waals surface area contributed by atoms with Gasteiger partial charge in [0, 0.05) is 19.6 Å². The Bertz CT molecular complexity index is 1030. The summed E-state index contributed by atoms with van der Waals surface area (Å²) in [7, 11) is 0. The lowest BCUT2D eigenvalue weighted by atomic mass is 10.0. The molecular weight excluding hydrogens is 368 g/mol. The van der Waals surface area contributed by atoms with Crippen LogP contribution in [0.5, 0.6) is 0 Å². The number of amides is 1. The molecule has 150 valence electrons. The van der Waals surface area contributed by atoms with Crippen molar-refractivity contribution in [2.45, 2.75) is 12.6 Å². The standard InChI is InChI=1S/C22H24N4O3/c27-21(15-26-16-24-19-9-5-4-8-18(19)22(26)28)23-14-20(17-6-2-1-3-7-17)25-10-12-29-13-11-25/h1-9,16,20H,10-15H2,(H,23,27). The lowest BCUT2D eigenvalue weighted by molar-refractivity contribution is -0.122. The number of morpholine rings is 1. The van der Waals surface area contributed by atoms with E-state index < -0.39 is 0 Å². The minimum atomic E-state index is -0.210. The Morgan fingerprint density at radius 1 is 1.07 bits per heavy atom. The van der Waals surface area contributed by atoms with Crippen LogP contribution < -0.4 is 10.9 Å². The van der Waals surface area contributed by atoms with Crippen molar-refractivity contribution in [3.8, 4) is 0 Å². The maximum absolute atomic E-state index is 12.6. The lowest BCUT2D eigenvalue weighted by Gasteiger charge is -2.35. The first kappa shape index (κ1) is 19.3. The van der Waals surface area contributed by atoms with Gasteiger partial charge in [0.2, 0.25) is 5.91 Å². The summed E-state index contributed by atoms with van der Waals surface area (Å²) >= 11 is 0. The number of carbonyl (C=O) groups excluding carboxylic acids is 1. The number of carbonyl (C=O) groups is 1. The Kier molecular flexibility index (Phi) is 5.97.